The second-order valence-electron chi connectivity index (χ2n) is 11.2. The summed E-state index contributed by atoms with van der Waals surface area (Å²) in [6.07, 6.45) is 3.93. The number of hydrogen-bond acceptors (Lipinski definition) is 3. The van der Waals surface area contributed by atoms with Gasteiger partial charge in [-0.2, -0.15) is 13.2 Å². The van der Waals surface area contributed by atoms with Crippen molar-refractivity contribution in [3.63, 3.8) is 0 Å². The van der Waals surface area contributed by atoms with Crippen LogP contribution in [0.1, 0.15) is 72.5 Å². The van der Waals surface area contributed by atoms with Crippen LogP contribution < -0.4 is 0 Å². The summed E-state index contributed by atoms with van der Waals surface area (Å²) in [5, 5.41) is -0.127. The Kier molecular flexibility index (Phi) is 4.62. The van der Waals surface area contributed by atoms with Crippen LogP contribution in [0.2, 0.25) is 5.15 Å². The number of aromatic nitrogens is 2. The van der Waals surface area contributed by atoms with Crippen molar-refractivity contribution in [3.8, 4) is 0 Å². The molecule has 5 aliphatic rings. The molecule has 0 radical (unpaired) electrons. The van der Waals surface area contributed by atoms with Crippen molar-refractivity contribution in [3.05, 3.63) is 34.2 Å². The second kappa shape index (κ2) is 7.37. The largest absolute Gasteiger partial charge is 0.419 e. The fourth-order valence-corrected chi connectivity index (χ4v) is 6.66. The average Bonchev–Trinajstić information content (AvgIpc) is 3.72. The molecule has 0 N–H and O–H groups in total. The van der Waals surface area contributed by atoms with E-state index in [2.05, 4.69) is 4.98 Å². The molecular formula is C25H26ClF3N4O2. The molecule has 3 heterocycles. The highest BCUT2D eigenvalue weighted by Crippen LogP contribution is 2.53. The Morgan fingerprint density at radius 1 is 1.06 bits per heavy atom. The van der Waals surface area contributed by atoms with Crippen LogP contribution in [-0.4, -0.2) is 56.2 Å². The molecule has 2 aromatic heterocycles. The van der Waals surface area contributed by atoms with E-state index < -0.39 is 17.6 Å². The van der Waals surface area contributed by atoms with Crippen molar-refractivity contribution in [1.29, 1.82) is 0 Å². The highest BCUT2D eigenvalue weighted by atomic mass is 35.5. The Morgan fingerprint density at radius 3 is 2.40 bits per heavy atom. The molecule has 35 heavy (non-hydrogen) atoms. The van der Waals surface area contributed by atoms with Gasteiger partial charge in [-0.1, -0.05) is 11.6 Å². The molecule has 0 bridgehead atoms. The lowest BCUT2D eigenvalue weighted by Gasteiger charge is -2.43. The van der Waals surface area contributed by atoms with Gasteiger partial charge < -0.3 is 9.80 Å². The Labute approximate surface area is 205 Å². The number of fused-ring (bicyclic) bond motifs is 2. The zero-order valence-electron chi connectivity index (χ0n) is 19.1. The normalized spacial score (nSPS) is 30.8. The topological polar surface area (TPSA) is 57.9 Å². The predicted octanol–water partition coefficient (Wildman–Crippen LogP) is 4.75. The summed E-state index contributed by atoms with van der Waals surface area (Å²) < 4.78 is 42.9. The van der Waals surface area contributed by atoms with Crippen molar-refractivity contribution in [2.45, 2.75) is 69.1 Å². The number of nitrogens with zero attached hydrogens (tertiary/aromatic N) is 4. The van der Waals surface area contributed by atoms with Gasteiger partial charge in [-0.3, -0.25) is 14.0 Å². The Hall–Kier alpha value is -2.29. The smallest absolute Gasteiger partial charge is 0.336 e. The van der Waals surface area contributed by atoms with E-state index >= 15 is 0 Å². The molecule has 3 atom stereocenters. The minimum Gasteiger partial charge on any atom is -0.336 e. The van der Waals surface area contributed by atoms with Crippen LogP contribution in [0.3, 0.4) is 0 Å². The maximum absolute atomic E-state index is 13.9. The standard InChI is InChI=1S/C25H26ClF3N4O2/c26-22-21(30-23-18(25(27,28)29)8-16(9-33(22)23)12-1-2-12)24(35)32-11-20(34)31(10-19(32)13-3-4-13)17-6-14-5-15(14)7-17/h8-9,12-15,17,19H,1-7,10-11H2. The third-order valence-corrected chi connectivity index (χ3v) is 9.10. The van der Waals surface area contributed by atoms with Crippen molar-refractivity contribution in [2.24, 2.45) is 17.8 Å². The zero-order valence-corrected chi connectivity index (χ0v) is 19.9. The van der Waals surface area contributed by atoms with E-state index in [1.54, 1.807) is 6.20 Å². The van der Waals surface area contributed by atoms with E-state index in [1.807, 2.05) is 4.90 Å². The lowest BCUT2D eigenvalue weighted by molar-refractivity contribution is -0.140. The van der Waals surface area contributed by atoms with Crippen molar-refractivity contribution < 1.29 is 22.8 Å². The fraction of sp³-hybridized carbons (Fsp3) is 0.640. The summed E-state index contributed by atoms with van der Waals surface area (Å²) in [4.78, 5) is 34.4. The lowest BCUT2D eigenvalue weighted by Crippen LogP contribution is -2.60. The molecule has 3 unspecified atom stereocenters. The number of alkyl halides is 3. The summed E-state index contributed by atoms with van der Waals surface area (Å²) in [5.41, 5.74) is -0.910. The third kappa shape index (κ3) is 3.64. The first-order valence-electron chi connectivity index (χ1n) is 12.6. The molecule has 2 aromatic rings. The van der Waals surface area contributed by atoms with Gasteiger partial charge in [0.2, 0.25) is 5.91 Å². The van der Waals surface area contributed by atoms with Crippen LogP contribution in [0.15, 0.2) is 12.3 Å². The van der Waals surface area contributed by atoms with Gasteiger partial charge in [0.25, 0.3) is 5.91 Å². The van der Waals surface area contributed by atoms with Gasteiger partial charge in [-0.15, -0.1) is 0 Å². The second-order valence-corrected chi connectivity index (χ2v) is 11.5. The Balaban J connectivity index is 1.23. The van der Waals surface area contributed by atoms with Gasteiger partial charge >= 0.3 is 6.18 Å². The van der Waals surface area contributed by atoms with E-state index in [1.165, 1.54) is 15.7 Å². The summed E-state index contributed by atoms with van der Waals surface area (Å²) >= 11 is 6.51. The zero-order chi connectivity index (χ0) is 24.2. The Morgan fingerprint density at radius 2 is 1.77 bits per heavy atom. The number of amides is 2. The number of piperazine rings is 1. The molecule has 1 saturated heterocycles. The van der Waals surface area contributed by atoms with E-state index in [0.29, 0.717) is 18.0 Å². The van der Waals surface area contributed by atoms with Crippen LogP contribution in [0.5, 0.6) is 0 Å². The lowest BCUT2D eigenvalue weighted by atomic mass is 10.0. The molecule has 2 amide bonds. The van der Waals surface area contributed by atoms with Gasteiger partial charge in [0, 0.05) is 18.8 Å². The van der Waals surface area contributed by atoms with Gasteiger partial charge in [0.15, 0.2) is 11.3 Å². The number of carbonyl (C=O) groups is 2. The van der Waals surface area contributed by atoms with Gasteiger partial charge in [-0.05, 0) is 80.2 Å². The third-order valence-electron chi connectivity index (χ3n) is 8.74. The predicted molar refractivity (Wildman–Crippen MR) is 121 cm³/mol. The van der Waals surface area contributed by atoms with Gasteiger partial charge in [0.05, 0.1) is 11.6 Å². The van der Waals surface area contributed by atoms with E-state index in [-0.39, 0.29) is 46.9 Å². The van der Waals surface area contributed by atoms with Crippen molar-refractivity contribution in [1.82, 2.24) is 19.2 Å². The number of carbonyl (C=O) groups excluding carboxylic acids is 2. The molecule has 6 nitrogen and oxygen atoms in total. The molecule has 4 aliphatic carbocycles. The molecule has 1 aliphatic heterocycles. The molecule has 10 heteroatoms. The summed E-state index contributed by atoms with van der Waals surface area (Å²) in [7, 11) is 0. The first-order valence-corrected chi connectivity index (χ1v) is 13.0. The number of rotatable bonds is 4. The highest BCUT2D eigenvalue weighted by molar-refractivity contribution is 6.33. The summed E-state index contributed by atoms with van der Waals surface area (Å²) in [6.45, 7) is 0.416. The Bertz CT molecular complexity index is 1240. The highest BCUT2D eigenvalue weighted by Gasteiger charge is 2.52. The maximum atomic E-state index is 13.9. The first-order chi connectivity index (χ1) is 16.7. The maximum Gasteiger partial charge on any atom is 0.419 e. The van der Waals surface area contributed by atoms with Gasteiger partial charge in [-0.25, -0.2) is 4.98 Å². The van der Waals surface area contributed by atoms with Crippen molar-refractivity contribution in [2.75, 3.05) is 13.1 Å². The van der Waals surface area contributed by atoms with Crippen LogP contribution in [-0.2, 0) is 11.0 Å². The van der Waals surface area contributed by atoms with Crippen LogP contribution in [0.25, 0.3) is 5.65 Å². The summed E-state index contributed by atoms with van der Waals surface area (Å²) in [6, 6.07) is 1.23. The SMILES string of the molecule is O=C1CN(C(=O)c2nc3c(C(F)(F)F)cc(C4CC4)cn3c2Cl)C(C2CC2)CN1C1CC2CC2C1. The molecule has 7 rings (SSSR count). The number of hydrogen-bond donors (Lipinski definition) is 0. The number of pyridine rings is 1. The van der Waals surface area contributed by atoms with Gasteiger partial charge in [0.1, 0.15) is 11.7 Å². The molecule has 0 aromatic carbocycles. The molecule has 186 valence electrons. The van der Waals surface area contributed by atoms with E-state index in [9.17, 15) is 22.8 Å². The van der Waals surface area contributed by atoms with E-state index in [4.69, 9.17) is 11.6 Å². The minimum absolute atomic E-state index is 0.0738. The van der Waals surface area contributed by atoms with E-state index in [0.717, 1.165) is 56.4 Å². The minimum atomic E-state index is -4.62. The fourth-order valence-electron chi connectivity index (χ4n) is 6.41. The molecular weight excluding hydrogens is 481 g/mol. The number of imidazole rings is 1. The molecule has 4 saturated carbocycles. The monoisotopic (exact) mass is 506 g/mol. The first kappa shape index (κ1) is 21.9. The van der Waals surface area contributed by atoms with Crippen LogP contribution in [0, 0.1) is 17.8 Å². The summed E-state index contributed by atoms with van der Waals surface area (Å²) in [5.74, 6) is 1.21. The molecule has 5 fully saturated rings. The number of halogens is 4. The average molecular weight is 507 g/mol. The van der Waals surface area contributed by atoms with Crippen LogP contribution >= 0.6 is 11.6 Å². The van der Waals surface area contributed by atoms with Crippen LogP contribution in [0.4, 0.5) is 13.2 Å². The quantitative estimate of drug-likeness (QED) is 0.601. The van der Waals surface area contributed by atoms with Crippen molar-refractivity contribution >= 4 is 29.1 Å². The molecule has 0 spiro atoms.